The Hall–Kier alpha value is -0.0700. The number of rotatable bonds is 6. The highest BCUT2D eigenvalue weighted by Gasteiger charge is 2.32. The van der Waals surface area contributed by atoms with Crippen molar-refractivity contribution >= 4 is 0 Å². The van der Waals surface area contributed by atoms with Gasteiger partial charge in [-0.15, -0.1) is 0 Å². The van der Waals surface area contributed by atoms with Gasteiger partial charge in [0.05, 0.1) is 6.67 Å². The molecule has 0 spiro atoms. The minimum absolute atomic E-state index is 0.123. The summed E-state index contributed by atoms with van der Waals surface area (Å²) in [4.78, 5) is 0. The first kappa shape index (κ1) is 13.0. The number of hydrogen-bond acceptors (Lipinski definition) is 0. The molecule has 0 aromatic rings. The largest absolute Gasteiger partial charge is 0.251 e. The molecule has 90 valence electrons. The van der Waals surface area contributed by atoms with Crippen LogP contribution in [0.15, 0.2) is 0 Å². The van der Waals surface area contributed by atoms with Crippen molar-refractivity contribution in [2.75, 3.05) is 6.67 Å². The Morgan fingerprint density at radius 2 is 1.87 bits per heavy atom. The van der Waals surface area contributed by atoms with Gasteiger partial charge in [0.15, 0.2) is 0 Å². The summed E-state index contributed by atoms with van der Waals surface area (Å²) in [7, 11) is 0. The van der Waals surface area contributed by atoms with Crippen LogP contribution in [0, 0.1) is 11.3 Å². The lowest BCUT2D eigenvalue weighted by atomic mass is 9.66. The van der Waals surface area contributed by atoms with Crippen molar-refractivity contribution in [3.8, 4) is 0 Å². The van der Waals surface area contributed by atoms with E-state index in [-0.39, 0.29) is 6.67 Å². The first-order valence-electron chi connectivity index (χ1n) is 6.78. The first-order chi connectivity index (χ1) is 7.22. The SMILES string of the molecule is CCC(C)CC1(CCCF)CCCCC1. The topological polar surface area (TPSA) is 0 Å². The van der Waals surface area contributed by atoms with E-state index in [4.69, 9.17) is 0 Å². The molecule has 1 atom stereocenters. The first-order valence-corrected chi connectivity index (χ1v) is 6.78. The molecule has 1 aliphatic rings. The van der Waals surface area contributed by atoms with Crippen molar-refractivity contribution < 1.29 is 4.39 Å². The van der Waals surface area contributed by atoms with E-state index in [2.05, 4.69) is 13.8 Å². The van der Waals surface area contributed by atoms with E-state index < -0.39 is 0 Å². The summed E-state index contributed by atoms with van der Waals surface area (Å²) < 4.78 is 12.3. The van der Waals surface area contributed by atoms with Gasteiger partial charge in [0.2, 0.25) is 0 Å². The summed E-state index contributed by atoms with van der Waals surface area (Å²) in [5.74, 6) is 0.822. The Kier molecular flexibility index (Phi) is 5.63. The molecule has 0 radical (unpaired) electrons. The van der Waals surface area contributed by atoms with Gasteiger partial charge in [0.25, 0.3) is 0 Å². The maximum atomic E-state index is 12.3. The molecule has 15 heavy (non-hydrogen) atoms. The molecule has 1 saturated carbocycles. The minimum Gasteiger partial charge on any atom is -0.251 e. The molecular formula is C14H27F. The summed E-state index contributed by atoms with van der Waals surface area (Å²) >= 11 is 0. The van der Waals surface area contributed by atoms with Crippen LogP contribution in [-0.2, 0) is 0 Å². The predicted octanol–water partition coefficient (Wildman–Crippen LogP) is 5.12. The fourth-order valence-corrected chi connectivity index (χ4v) is 3.18. The maximum absolute atomic E-state index is 12.3. The van der Waals surface area contributed by atoms with Crippen LogP contribution in [0.4, 0.5) is 4.39 Å². The van der Waals surface area contributed by atoms with Gasteiger partial charge in [0, 0.05) is 0 Å². The highest BCUT2D eigenvalue weighted by atomic mass is 19.1. The zero-order valence-electron chi connectivity index (χ0n) is 10.5. The molecule has 0 aromatic carbocycles. The fourth-order valence-electron chi connectivity index (χ4n) is 3.18. The van der Waals surface area contributed by atoms with Gasteiger partial charge in [-0.05, 0) is 43.4 Å². The molecule has 0 aliphatic heterocycles. The monoisotopic (exact) mass is 214 g/mol. The van der Waals surface area contributed by atoms with Gasteiger partial charge in [-0.2, -0.15) is 0 Å². The molecule has 0 aromatic heterocycles. The molecule has 0 amide bonds. The minimum atomic E-state index is -0.123. The van der Waals surface area contributed by atoms with Gasteiger partial charge in [-0.3, -0.25) is 4.39 Å². The molecule has 0 bridgehead atoms. The molecule has 1 aliphatic carbocycles. The van der Waals surface area contributed by atoms with Crippen molar-refractivity contribution in [1.82, 2.24) is 0 Å². The third-order valence-corrected chi connectivity index (χ3v) is 4.23. The van der Waals surface area contributed by atoms with Crippen LogP contribution < -0.4 is 0 Å². The Bertz CT molecular complexity index is 159. The highest BCUT2D eigenvalue weighted by Crippen LogP contribution is 2.45. The summed E-state index contributed by atoms with van der Waals surface area (Å²) in [5, 5.41) is 0. The van der Waals surface area contributed by atoms with Crippen LogP contribution in [0.3, 0.4) is 0 Å². The van der Waals surface area contributed by atoms with E-state index in [0.29, 0.717) is 5.41 Å². The van der Waals surface area contributed by atoms with Crippen molar-refractivity contribution in [3.63, 3.8) is 0 Å². The molecule has 1 heteroatoms. The van der Waals surface area contributed by atoms with Crippen LogP contribution in [0.2, 0.25) is 0 Å². The van der Waals surface area contributed by atoms with Crippen LogP contribution in [0.25, 0.3) is 0 Å². The van der Waals surface area contributed by atoms with Gasteiger partial charge >= 0.3 is 0 Å². The van der Waals surface area contributed by atoms with Gasteiger partial charge in [0.1, 0.15) is 0 Å². The van der Waals surface area contributed by atoms with Crippen molar-refractivity contribution in [3.05, 3.63) is 0 Å². The smallest absolute Gasteiger partial charge is 0.0894 e. The predicted molar refractivity (Wildman–Crippen MR) is 64.8 cm³/mol. The highest BCUT2D eigenvalue weighted by molar-refractivity contribution is 4.84. The molecule has 1 unspecified atom stereocenters. The number of alkyl halides is 1. The van der Waals surface area contributed by atoms with E-state index in [9.17, 15) is 4.39 Å². The normalized spacial score (nSPS) is 22.6. The van der Waals surface area contributed by atoms with E-state index in [1.165, 1.54) is 44.9 Å². The summed E-state index contributed by atoms with van der Waals surface area (Å²) in [6.07, 6.45) is 11.4. The summed E-state index contributed by atoms with van der Waals surface area (Å²) in [6, 6.07) is 0. The van der Waals surface area contributed by atoms with E-state index >= 15 is 0 Å². The lowest BCUT2D eigenvalue weighted by Crippen LogP contribution is -2.26. The third-order valence-electron chi connectivity index (χ3n) is 4.23. The molecule has 0 saturated heterocycles. The Balaban J connectivity index is 2.49. The van der Waals surface area contributed by atoms with Crippen LogP contribution >= 0.6 is 0 Å². The van der Waals surface area contributed by atoms with Crippen LogP contribution in [0.5, 0.6) is 0 Å². The second-order valence-electron chi connectivity index (χ2n) is 5.57. The average Bonchev–Trinajstić information content (AvgIpc) is 2.27. The molecular weight excluding hydrogens is 187 g/mol. The number of hydrogen-bond donors (Lipinski definition) is 0. The van der Waals surface area contributed by atoms with E-state index in [1.807, 2.05) is 0 Å². The standard InChI is InChI=1S/C14H27F/c1-3-13(2)12-14(10-7-11-15)8-5-4-6-9-14/h13H,3-12H2,1-2H3. The zero-order chi connectivity index (χ0) is 11.1. The lowest BCUT2D eigenvalue weighted by molar-refractivity contribution is 0.124. The molecule has 0 heterocycles. The summed E-state index contributed by atoms with van der Waals surface area (Å²) in [6.45, 7) is 4.50. The van der Waals surface area contributed by atoms with E-state index in [0.717, 1.165) is 18.8 Å². The second kappa shape index (κ2) is 6.50. The van der Waals surface area contributed by atoms with Crippen molar-refractivity contribution in [2.45, 2.75) is 71.6 Å². The maximum Gasteiger partial charge on any atom is 0.0894 e. The van der Waals surface area contributed by atoms with E-state index in [1.54, 1.807) is 0 Å². The van der Waals surface area contributed by atoms with Crippen molar-refractivity contribution in [1.29, 1.82) is 0 Å². The molecule has 1 rings (SSSR count). The molecule has 1 fully saturated rings. The van der Waals surface area contributed by atoms with Crippen LogP contribution in [0.1, 0.15) is 71.6 Å². The summed E-state index contributed by atoms with van der Waals surface area (Å²) in [5.41, 5.74) is 0.514. The van der Waals surface area contributed by atoms with Crippen molar-refractivity contribution in [2.24, 2.45) is 11.3 Å². The fraction of sp³-hybridized carbons (Fsp3) is 1.00. The zero-order valence-corrected chi connectivity index (χ0v) is 10.5. The molecule has 0 N–H and O–H groups in total. The number of halogens is 1. The lowest BCUT2D eigenvalue weighted by Gasteiger charge is -2.39. The average molecular weight is 214 g/mol. The Morgan fingerprint density at radius 3 is 2.40 bits per heavy atom. The Labute approximate surface area is 94.6 Å². The van der Waals surface area contributed by atoms with Gasteiger partial charge < -0.3 is 0 Å². The molecule has 0 nitrogen and oxygen atoms in total. The van der Waals surface area contributed by atoms with Gasteiger partial charge in [-0.25, -0.2) is 0 Å². The second-order valence-corrected chi connectivity index (χ2v) is 5.57. The van der Waals surface area contributed by atoms with Gasteiger partial charge in [-0.1, -0.05) is 39.5 Å². The third kappa shape index (κ3) is 4.12. The van der Waals surface area contributed by atoms with Crippen LogP contribution in [-0.4, -0.2) is 6.67 Å². The quantitative estimate of drug-likeness (QED) is 0.575. The Morgan fingerprint density at radius 1 is 1.20 bits per heavy atom.